The number of ketones is 1. The Morgan fingerprint density at radius 1 is 1.23 bits per heavy atom. The standard InChI is InChI=1S/C19H24ClF3N2O5/c1-6-29-15(27)8-14(26)18(5,10(2)3)25-16(28)11(4)30-17-13(20)7-12(9-24-17)19(21,22)23/h7,9-11H,6,8H2,1-5H3,(H,25,28). The van der Waals surface area contributed by atoms with E-state index in [-0.39, 0.29) is 18.4 Å². The summed E-state index contributed by atoms with van der Waals surface area (Å²) in [6, 6.07) is 0.635. The van der Waals surface area contributed by atoms with Gasteiger partial charge in [-0.2, -0.15) is 13.2 Å². The van der Waals surface area contributed by atoms with Crippen LogP contribution < -0.4 is 10.1 Å². The Morgan fingerprint density at radius 2 is 1.83 bits per heavy atom. The minimum absolute atomic E-state index is 0.114. The van der Waals surface area contributed by atoms with Crippen LogP contribution in [0, 0.1) is 5.92 Å². The number of carbonyl (C=O) groups is 3. The summed E-state index contributed by atoms with van der Waals surface area (Å²) in [5.41, 5.74) is -2.47. The Kier molecular flexibility index (Phi) is 8.64. The fourth-order valence-corrected chi connectivity index (χ4v) is 2.52. The zero-order chi connectivity index (χ0) is 23.3. The molecule has 30 heavy (non-hydrogen) atoms. The molecule has 0 fully saturated rings. The topological polar surface area (TPSA) is 94.6 Å². The summed E-state index contributed by atoms with van der Waals surface area (Å²) in [7, 11) is 0. The van der Waals surface area contributed by atoms with Gasteiger partial charge in [0, 0.05) is 6.20 Å². The molecule has 0 aliphatic heterocycles. The number of hydrogen-bond acceptors (Lipinski definition) is 6. The number of alkyl halides is 3. The van der Waals surface area contributed by atoms with Crippen LogP contribution in [0.25, 0.3) is 0 Å². The van der Waals surface area contributed by atoms with E-state index in [1.54, 1.807) is 20.8 Å². The maximum absolute atomic E-state index is 12.7. The Balaban J connectivity index is 2.93. The molecule has 7 nitrogen and oxygen atoms in total. The van der Waals surface area contributed by atoms with Gasteiger partial charge in [0.05, 0.1) is 17.7 Å². The number of aromatic nitrogens is 1. The number of halogens is 4. The SMILES string of the molecule is CCOC(=O)CC(=O)C(C)(NC(=O)C(C)Oc1ncc(C(F)(F)F)cc1Cl)C(C)C. The lowest BCUT2D eigenvalue weighted by Crippen LogP contribution is -2.58. The lowest BCUT2D eigenvalue weighted by atomic mass is 9.82. The molecule has 1 amide bonds. The molecule has 0 aliphatic rings. The van der Waals surface area contributed by atoms with Crippen molar-refractivity contribution in [3.63, 3.8) is 0 Å². The molecule has 0 radical (unpaired) electrons. The van der Waals surface area contributed by atoms with Crippen LogP contribution in [0.1, 0.15) is 46.6 Å². The first-order valence-electron chi connectivity index (χ1n) is 9.12. The third-order valence-corrected chi connectivity index (χ3v) is 4.79. The van der Waals surface area contributed by atoms with Gasteiger partial charge in [0.25, 0.3) is 5.91 Å². The molecule has 11 heteroatoms. The highest BCUT2D eigenvalue weighted by molar-refractivity contribution is 6.31. The fraction of sp³-hybridized carbons (Fsp3) is 0.579. The smallest absolute Gasteiger partial charge is 0.417 e. The Bertz CT molecular complexity index is 801. The van der Waals surface area contributed by atoms with Crippen LogP contribution in [0.5, 0.6) is 5.88 Å². The monoisotopic (exact) mass is 452 g/mol. The largest absolute Gasteiger partial charge is 0.466 e. The quantitative estimate of drug-likeness (QED) is 0.454. The second kappa shape index (κ2) is 10.1. The Hall–Kier alpha value is -2.36. The highest BCUT2D eigenvalue weighted by Crippen LogP contribution is 2.33. The van der Waals surface area contributed by atoms with Crippen molar-refractivity contribution in [1.82, 2.24) is 10.3 Å². The van der Waals surface area contributed by atoms with E-state index in [9.17, 15) is 27.6 Å². The number of nitrogens with zero attached hydrogens (tertiary/aromatic N) is 1. The van der Waals surface area contributed by atoms with E-state index >= 15 is 0 Å². The molecule has 0 aliphatic carbocycles. The third-order valence-electron chi connectivity index (χ3n) is 4.52. The molecule has 1 N–H and O–H groups in total. The summed E-state index contributed by atoms with van der Waals surface area (Å²) >= 11 is 5.78. The highest BCUT2D eigenvalue weighted by atomic mass is 35.5. The summed E-state index contributed by atoms with van der Waals surface area (Å²) in [4.78, 5) is 40.3. The Morgan fingerprint density at radius 3 is 2.30 bits per heavy atom. The summed E-state index contributed by atoms with van der Waals surface area (Å²) in [5, 5.41) is 2.12. The normalized spacial score (nSPS) is 14.6. The lowest BCUT2D eigenvalue weighted by Gasteiger charge is -2.34. The average molecular weight is 453 g/mol. The number of ether oxygens (including phenoxy) is 2. The predicted molar refractivity (Wildman–Crippen MR) is 102 cm³/mol. The molecular weight excluding hydrogens is 429 g/mol. The number of pyridine rings is 1. The molecule has 2 atom stereocenters. The van der Waals surface area contributed by atoms with E-state index in [1.165, 1.54) is 13.8 Å². The van der Waals surface area contributed by atoms with Crippen molar-refractivity contribution in [3.8, 4) is 5.88 Å². The van der Waals surface area contributed by atoms with Crippen LogP contribution in [0.3, 0.4) is 0 Å². The van der Waals surface area contributed by atoms with Crippen LogP contribution in [0.15, 0.2) is 12.3 Å². The third kappa shape index (κ3) is 6.58. The van der Waals surface area contributed by atoms with E-state index in [0.29, 0.717) is 12.3 Å². The van der Waals surface area contributed by atoms with Crippen LogP contribution >= 0.6 is 11.6 Å². The summed E-state index contributed by atoms with van der Waals surface area (Å²) < 4.78 is 48.1. The van der Waals surface area contributed by atoms with Crippen molar-refractivity contribution in [2.75, 3.05) is 6.61 Å². The molecule has 0 bridgehead atoms. The van der Waals surface area contributed by atoms with E-state index in [2.05, 4.69) is 10.3 Å². The molecule has 1 rings (SSSR count). The first-order chi connectivity index (χ1) is 13.7. The zero-order valence-electron chi connectivity index (χ0n) is 17.2. The summed E-state index contributed by atoms with van der Waals surface area (Å²) in [6.07, 6.45) is -5.85. The minimum Gasteiger partial charge on any atom is -0.466 e. The van der Waals surface area contributed by atoms with Crippen LogP contribution in [0.4, 0.5) is 13.2 Å². The number of rotatable bonds is 9. The van der Waals surface area contributed by atoms with E-state index in [0.717, 1.165) is 0 Å². The van der Waals surface area contributed by atoms with Crippen molar-refractivity contribution >= 4 is 29.3 Å². The Labute approximate surface area is 177 Å². The van der Waals surface area contributed by atoms with Gasteiger partial charge in [0.15, 0.2) is 11.9 Å². The zero-order valence-corrected chi connectivity index (χ0v) is 18.0. The van der Waals surface area contributed by atoms with Gasteiger partial charge in [0.2, 0.25) is 5.88 Å². The maximum Gasteiger partial charge on any atom is 0.417 e. The van der Waals surface area contributed by atoms with Crippen molar-refractivity contribution in [2.45, 2.75) is 58.9 Å². The van der Waals surface area contributed by atoms with E-state index < -0.39 is 52.5 Å². The molecule has 2 unspecified atom stereocenters. The van der Waals surface area contributed by atoms with Gasteiger partial charge < -0.3 is 14.8 Å². The molecule has 1 aromatic rings. The van der Waals surface area contributed by atoms with Gasteiger partial charge in [-0.15, -0.1) is 0 Å². The van der Waals surface area contributed by atoms with Crippen molar-refractivity contribution in [1.29, 1.82) is 0 Å². The van der Waals surface area contributed by atoms with Crippen LogP contribution in [0.2, 0.25) is 5.02 Å². The van der Waals surface area contributed by atoms with E-state index in [4.69, 9.17) is 21.1 Å². The molecule has 168 valence electrons. The first kappa shape index (κ1) is 25.7. The molecule has 1 aromatic heterocycles. The van der Waals surface area contributed by atoms with Crippen molar-refractivity contribution in [2.24, 2.45) is 5.92 Å². The molecule has 0 saturated carbocycles. The predicted octanol–water partition coefficient (Wildman–Crippen LogP) is 3.57. The fourth-order valence-electron chi connectivity index (χ4n) is 2.31. The number of esters is 1. The van der Waals surface area contributed by atoms with Gasteiger partial charge in [0.1, 0.15) is 11.4 Å². The average Bonchev–Trinajstić information content (AvgIpc) is 2.62. The number of nitrogens with one attached hydrogen (secondary N) is 1. The van der Waals surface area contributed by atoms with Crippen molar-refractivity contribution in [3.05, 3.63) is 22.8 Å². The number of amides is 1. The molecule has 0 saturated heterocycles. The van der Waals surface area contributed by atoms with Gasteiger partial charge in [-0.1, -0.05) is 25.4 Å². The second-order valence-corrected chi connectivity index (χ2v) is 7.43. The first-order valence-corrected chi connectivity index (χ1v) is 9.50. The van der Waals surface area contributed by atoms with Crippen molar-refractivity contribution < 1.29 is 37.0 Å². The molecule has 0 spiro atoms. The van der Waals surface area contributed by atoms with Crippen LogP contribution in [-0.2, 0) is 25.3 Å². The summed E-state index contributed by atoms with van der Waals surface area (Å²) in [5.74, 6) is -2.75. The molecular formula is C19H24ClF3N2O5. The maximum atomic E-state index is 12.7. The molecule has 0 aromatic carbocycles. The molecule has 1 heterocycles. The number of Topliss-reactive ketones (excluding diaryl/α,β-unsaturated/α-hetero) is 1. The second-order valence-electron chi connectivity index (χ2n) is 7.02. The minimum atomic E-state index is -4.63. The van der Waals surface area contributed by atoms with Gasteiger partial charge in [-0.25, -0.2) is 4.98 Å². The lowest BCUT2D eigenvalue weighted by molar-refractivity contribution is -0.148. The van der Waals surface area contributed by atoms with E-state index in [1.807, 2.05) is 0 Å². The number of hydrogen-bond donors (Lipinski definition) is 1. The summed E-state index contributed by atoms with van der Waals surface area (Å²) in [6.45, 7) is 7.87. The van der Waals surface area contributed by atoms with Gasteiger partial charge >= 0.3 is 12.1 Å². The van der Waals surface area contributed by atoms with Gasteiger partial charge in [-0.3, -0.25) is 14.4 Å². The van der Waals surface area contributed by atoms with Crippen LogP contribution in [-0.4, -0.2) is 40.9 Å². The number of carbonyl (C=O) groups excluding carboxylic acids is 3. The highest BCUT2D eigenvalue weighted by Gasteiger charge is 2.40. The van der Waals surface area contributed by atoms with Gasteiger partial charge in [-0.05, 0) is 32.8 Å².